The number of carbonyl (C=O) groups excluding carboxylic acids is 1. The Balaban J connectivity index is 1.49. The van der Waals surface area contributed by atoms with Gasteiger partial charge in [0.1, 0.15) is 11.6 Å². The van der Waals surface area contributed by atoms with Crippen LogP contribution in [-0.4, -0.2) is 43.8 Å². The topological polar surface area (TPSA) is 101 Å². The lowest BCUT2D eigenvalue weighted by molar-refractivity contribution is 0.0673. The van der Waals surface area contributed by atoms with E-state index in [9.17, 15) is 4.79 Å². The summed E-state index contributed by atoms with van der Waals surface area (Å²) < 4.78 is 0. The molecule has 0 radical (unpaired) electrons. The van der Waals surface area contributed by atoms with Gasteiger partial charge in [0.2, 0.25) is 0 Å². The normalized spacial score (nSPS) is 17.6. The molecule has 3 N–H and O–H groups in total. The van der Waals surface area contributed by atoms with E-state index in [1.807, 2.05) is 30.0 Å². The lowest BCUT2D eigenvalue weighted by Gasteiger charge is -2.33. The quantitative estimate of drug-likeness (QED) is 0.755. The number of imidazole rings is 1. The molecule has 1 aliphatic rings. The zero-order chi connectivity index (χ0) is 18.1. The van der Waals surface area contributed by atoms with Gasteiger partial charge in [-0.15, -0.1) is 0 Å². The van der Waals surface area contributed by atoms with Crippen molar-refractivity contribution in [3.05, 3.63) is 47.7 Å². The number of hydrogen-bond donors (Lipinski definition) is 2. The number of amides is 1. The number of nitrogen functional groups attached to an aromatic ring is 1. The largest absolute Gasteiger partial charge is 0.382 e. The Hall–Kier alpha value is -2.96. The Morgan fingerprint density at radius 2 is 2.19 bits per heavy atom. The van der Waals surface area contributed by atoms with Crippen LogP contribution in [0, 0.1) is 12.8 Å². The lowest BCUT2D eigenvalue weighted by Crippen LogP contribution is -2.40. The highest BCUT2D eigenvalue weighted by Gasteiger charge is 2.25. The van der Waals surface area contributed by atoms with Crippen molar-refractivity contribution in [1.29, 1.82) is 0 Å². The van der Waals surface area contributed by atoms with E-state index in [-0.39, 0.29) is 5.91 Å². The smallest absolute Gasteiger partial charge is 0.253 e. The van der Waals surface area contributed by atoms with Crippen molar-refractivity contribution >= 4 is 22.8 Å². The van der Waals surface area contributed by atoms with Crippen LogP contribution in [0.1, 0.15) is 34.7 Å². The third-order valence-electron chi connectivity index (χ3n) is 4.94. The fourth-order valence-electron chi connectivity index (χ4n) is 3.68. The summed E-state index contributed by atoms with van der Waals surface area (Å²) >= 11 is 0. The van der Waals surface area contributed by atoms with Crippen molar-refractivity contribution in [3.63, 3.8) is 0 Å². The summed E-state index contributed by atoms with van der Waals surface area (Å²) in [6.07, 6.45) is 6.07. The highest BCUT2D eigenvalue weighted by molar-refractivity contribution is 5.97. The molecule has 26 heavy (non-hydrogen) atoms. The minimum absolute atomic E-state index is 0.0657. The third kappa shape index (κ3) is 3.24. The summed E-state index contributed by atoms with van der Waals surface area (Å²) in [6.45, 7) is 3.41. The number of likely N-dealkylation sites (tertiary alicyclic amines) is 1. The maximum atomic E-state index is 13.0. The second kappa shape index (κ2) is 6.74. The van der Waals surface area contributed by atoms with Crippen molar-refractivity contribution in [2.24, 2.45) is 5.92 Å². The first kappa shape index (κ1) is 16.5. The molecule has 2 aromatic heterocycles. The summed E-state index contributed by atoms with van der Waals surface area (Å²) in [7, 11) is 0. The van der Waals surface area contributed by atoms with Crippen LogP contribution in [0.5, 0.6) is 0 Å². The van der Waals surface area contributed by atoms with Crippen LogP contribution in [0.15, 0.2) is 30.6 Å². The van der Waals surface area contributed by atoms with Gasteiger partial charge in [0.15, 0.2) is 0 Å². The highest BCUT2D eigenvalue weighted by Crippen LogP contribution is 2.24. The number of aromatic amines is 1. The molecule has 3 heterocycles. The number of hydrogen-bond acceptors (Lipinski definition) is 5. The van der Waals surface area contributed by atoms with Crippen molar-refractivity contribution in [1.82, 2.24) is 24.8 Å². The van der Waals surface area contributed by atoms with Crippen molar-refractivity contribution in [2.45, 2.75) is 26.2 Å². The molecule has 1 aliphatic heterocycles. The minimum atomic E-state index is 0.0657. The molecule has 134 valence electrons. The van der Waals surface area contributed by atoms with Gasteiger partial charge in [0.25, 0.3) is 5.91 Å². The van der Waals surface area contributed by atoms with Crippen LogP contribution in [0.4, 0.5) is 5.82 Å². The van der Waals surface area contributed by atoms with Gasteiger partial charge in [-0.1, -0.05) is 0 Å². The average Bonchev–Trinajstić information content (AvgIpc) is 3.02. The summed E-state index contributed by atoms with van der Waals surface area (Å²) in [5.41, 5.74) is 9.21. The zero-order valence-electron chi connectivity index (χ0n) is 14.8. The molecule has 0 aliphatic carbocycles. The SMILES string of the molecule is Cc1nc2ccc(C(=O)N3CCCC(Cc4nccnc4N)C3)cc2[nH]1. The van der Waals surface area contributed by atoms with Gasteiger partial charge in [-0.3, -0.25) is 9.78 Å². The summed E-state index contributed by atoms with van der Waals surface area (Å²) in [5.74, 6) is 1.75. The Morgan fingerprint density at radius 3 is 3.04 bits per heavy atom. The Labute approximate surface area is 151 Å². The number of aryl methyl sites for hydroxylation is 1. The molecular weight excluding hydrogens is 328 g/mol. The molecule has 7 heteroatoms. The molecule has 4 rings (SSSR count). The molecule has 1 fully saturated rings. The number of nitrogens with zero attached hydrogens (tertiary/aromatic N) is 4. The molecule has 1 saturated heterocycles. The van der Waals surface area contributed by atoms with Gasteiger partial charge >= 0.3 is 0 Å². The van der Waals surface area contributed by atoms with Crippen molar-refractivity contribution in [2.75, 3.05) is 18.8 Å². The molecule has 0 saturated carbocycles. The van der Waals surface area contributed by atoms with Gasteiger partial charge in [-0.25, -0.2) is 9.97 Å². The van der Waals surface area contributed by atoms with E-state index in [1.54, 1.807) is 12.4 Å². The summed E-state index contributed by atoms with van der Waals surface area (Å²) in [6, 6.07) is 5.64. The number of piperidine rings is 1. The number of nitrogens with one attached hydrogen (secondary N) is 1. The molecule has 7 nitrogen and oxygen atoms in total. The van der Waals surface area contributed by atoms with E-state index < -0.39 is 0 Å². The standard InChI is InChI=1S/C19H22N6O/c1-12-23-15-5-4-14(10-16(15)24-12)19(26)25-8-2-3-13(11-25)9-17-18(20)22-7-6-21-17/h4-7,10,13H,2-3,8-9,11H2,1H3,(H2,20,22)(H,23,24). The van der Waals surface area contributed by atoms with Gasteiger partial charge in [-0.2, -0.15) is 0 Å². The Morgan fingerprint density at radius 1 is 1.35 bits per heavy atom. The second-order valence-electron chi connectivity index (χ2n) is 6.91. The number of nitrogens with two attached hydrogens (primary N) is 1. The van der Waals surface area contributed by atoms with Crippen molar-refractivity contribution < 1.29 is 4.79 Å². The maximum Gasteiger partial charge on any atom is 0.253 e. The fraction of sp³-hybridized carbons (Fsp3) is 0.368. The van der Waals surface area contributed by atoms with Crippen LogP contribution < -0.4 is 5.73 Å². The molecule has 1 unspecified atom stereocenters. The Kier molecular flexibility index (Phi) is 4.28. The molecule has 1 amide bonds. The van der Waals surface area contributed by atoms with E-state index in [2.05, 4.69) is 19.9 Å². The summed E-state index contributed by atoms with van der Waals surface area (Å²) in [4.78, 5) is 30.9. The zero-order valence-corrected chi connectivity index (χ0v) is 14.8. The highest BCUT2D eigenvalue weighted by atomic mass is 16.2. The number of anilines is 1. The van der Waals surface area contributed by atoms with E-state index in [0.717, 1.165) is 54.9 Å². The molecule has 1 aromatic carbocycles. The maximum absolute atomic E-state index is 13.0. The number of H-pyrrole nitrogens is 1. The number of aromatic nitrogens is 4. The fourth-order valence-corrected chi connectivity index (χ4v) is 3.68. The first-order valence-electron chi connectivity index (χ1n) is 8.91. The molecule has 0 bridgehead atoms. The molecule has 3 aromatic rings. The van der Waals surface area contributed by atoms with E-state index in [4.69, 9.17) is 5.73 Å². The first-order chi connectivity index (χ1) is 12.6. The lowest BCUT2D eigenvalue weighted by atomic mass is 9.92. The van der Waals surface area contributed by atoms with Crippen LogP contribution in [0.2, 0.25) is 0 Å². The Bertz CT molecular complexity index is 950. The van der Waals surface area contributed by atoms with Gasteiger partial charge < -0.3 is 15.6 Å². The number of benzene rings is 1. The van der Waals surface area contributed by atoms with E-state index in [0.29, 0.717) is 17.3 Å². The predicted octanol–water partition coefficient (Wildman–Crippen LogP) is 2.34. The average molecular weight is 350 g/mol. The molecular formula is C19H22N6O. The van der Waals surface area contributed by atoms with E-state index in [1.165, 1.54) is 0 Å². The predicted molar refractivity (Wildman–Crippen MR) is 99.6 cm³/mol. The van der Waals surface area contributed by atoms with Gasteiger partial charge in [-0.05, 0) is 50.3 Å². The second-order valence-corrected chi connectivity index (χ2v) is 6.91. The monoisotopic (exact) mass is 350 g/mol. The third-order valence-corrected chi connectivity index (χ3v) is 4.94. The van der Waals surface area contributed by atoms with Crippen LogP contribution >= 0.6 is 0 Å². The summed E-state index contributed by atoms with van der Waals surface area (Å²) in [5, 5.41) is 0. The molecule has 0 spiro atoms. The number of rotatable bonds is 3. The van der Waals surface area contributed by atoms with Gasteiger partial charge in [0.05, 0.1) is 16.7 Å². The number of fused-ring (bicyclic) bond motifs is 1. The van der Waals surface area contributed by atoms with Crippen LogP contribution in [0.3, 0.4) is 0 Å². The van der Waals surface area contributed by atoms with Gasteiger partial charge in [0, 0.05) is 31.0 Å². The first-order valence-corrected chi connectivity index (χ1v) is 8.91. The van der Waals surface area contributed by atoms with Crippen LogP contribution in [-0.2, 0) is 6.42 Å². The minimum Gasteiger partial charge on any atom is -0.382 e. The van der Waals surface area contributed by atoms with E-state index >= 15 is 0 Å². The molecule has 1 atom stereocenters. The number of carbonyl (C=O) groups is 1. The van der Waals surface area contributed by atoms with Crippen molar-refractivity contribution in [3.8, 4) is 0 Å². The van der Waals surface area contributed by atoms with Crippen LogP contribution in [0.25, 0.3) is 11.0 Å².